The van der Waals surface area contributed by atoms with E-state index in [0.717, 1.165) is 23.6 Å². The molecular weight excluding hydrogens is 250 g/mol. The van der Waals surface area contributed by atoms with Crippen molar-refractivity contribution in [3.05, 3.63) is 45.8 Å². The first-order valence-electron chi connectivity index (χ1n) is 5.19. The fraction of sp³-hybridized carbons (Fsp3) is 0.167. The van der Waals surface area contributed by atoms with Crippen molar-refractivity contribution >= 4 is 34.4 Å². The first-order valence-corrected chi connectivity index (χ1v) is 6.54. The van der Waals surface area contributed by atoms with Crippen LogP contribution in [0.1, 0.15) is 16.8 Å². The second-order valence-electron chi connectivity index (χ2n) is 3.70. The third kappa shape index (κ3) is 3.01. The van der Waals surface area contributed by atoms with E-state index < -0.39 is 0 Å². The summed E-state index contributed by atoms with van der Waals surface area (Å²) in [5.74, 6) is 0.753. The van der Waals surface area contributed by atoms with E-state index in [9.17, 15) is 0 Å². The lowest BCUT2D eigenvalue weighted by molar-refractivity contribution is 1.09. The quantitative estimate of drug-likeness (QED) is 0.833. The number of nitrogens with zero attached hydrogens (tertiary/aromatic N) is 1. The van der Waals surface area contributed by atoms with Crippen LogP contribution in [0.2, 0.25) is 0 Å². The van der Waals surface area contributed by atoms with Crippen LogP contribution >= 0.6 is 23.6 Å². The number of aryl methyl sites for hydroxylation is 1. The Morgan fingerprint density at radius 3 is 2.94 bits per heavy atom. The van der Waals surface area contributed by atoms with Gasteiger partial charge in [0.15, 0.2) is 0 Å². The van der Waals surface area contributed by atoms with Gasteiger partial charge in [-0.25, -0.2) is 4.98 Å². The first kappa shape index (κ1) is 12.0. The molecule has 3 nitrogen and oxygen atoms in total. The van der Waals surface area contributed by atoms with E-state index in [2.05, 4.69) is 27.1 Å². The number of anilines is 1. The van der Waals surface area contributed by atoms with E-state index in [1.54, 1.807) is 11.3 Å². The highest BCUT2D eigenvalue weighted by Crippen LogP contribution is 2.15. The lowest BCUT2D eigenvalue weighted by Crippen LogP contribution is -2.14. The van der Waals surface area contributed by atoms with Gasteiger partial charge in [0.25, 0.3) is 0 Å². The smallest absolute Gasteiger partial charge is 0.136 e. The van der Waals surface area contributed by atoms with Crippen LogP contribution in [0.3, 0.4) is 0 Å². The van der Waals surface area contributed by atoms with Crippen LogP contribution in [0.5, 0.6) is 0 Å². The predicted octanol–water partition coefficient (Wildman–Crippen LogP) is 2.70. The van der Waals surface area contributed by atoms with E-state index in [1.807, 2.05) is 19.1 Å². The van der Waals surface area contributed by atoms with E-state index in [1.165, 1.54) is 5.56 Å². The highest BCUT2D eigenvalue weighted by atomic mass is 32.1. The number of hydrogen-bond donors (Lipinski definition) is 2. The topological polar surface area (TPSA) is 50.9 Å². The Bertz CT molecular complexity index is 521. The van der Waals surface area contributed by atoms with E-state index in [4.69, 9.17) is 18.0 Å². The predicted molar refractivity (Wildman–Crippen MR) is 76.5 cm³/mol. The molecule has 0 unspecified atom stereocenters. The summed E-state index contributed by atoms with van der Waals surface area (Å²) in [6, 6.07) is 5.89. The maximum atomic E-state index is 5.67. The zero-order valence-corrected chi connectivity index (χ0v) is 11.1. The molecule has 17 heavy (non-hydrogen) atoms. The standard InChI is InChI=1S/C12H13N3S2/c1-8-2-3-10(11(13)16)12(15-8)14-6-9-4-5-17-7-9/h2-5,7H,6H2,1H3,(H2,13,16)(H,14,15). The van der Waals surface area contributed by atoms with Crippen LogP contribution in [-0.2, 0) is 6.54 Å². The Hall–Kier alpha value is -1.46. The fourth-order valence-electron chi connectivity index (χ4n) is 1.47. The second kappa shape index (κ2) is 5.25. The Morgan fingerprint density at radius 1 is 1.47 bits per heavy atom. The summed E-state index contributed by atoms with van der Waals surface area (Å²) in [7, 11) is 0. The first-order chi connectivity index (χ1) is 8.16. The molecule has 0 aromatic carbocycles. The summed E-state index contributed by atoms with van der Waals surface area (Å²) in [4.78, 5) is 4.78. The van der Waals surface area contributed by atoms with Crippen LogP contribution in [0, 0.1) is 6.92 Å². The molecule has 0 saturated carbocycles. The van der Waals surface area contributed by atoms with Crippen LogP contribution in [0.15, 0.2) is 29.0 Å². The molecule has 88 valence electrons. The number of thiophene rings is 1. The Kier molecular flexibility index (Phi) is 3.71. The average Bonchev–Trinajstić information content (AvgIpc) is 2.78. The summed E-state index contributed by atoms with van der Waals surface area (Å²) in [5, 5.41) is 7.42. The molecular formula is C12H13N3S2. The SMILES string of the molecule is Cc1ccc(C(N)=S)c(NCc2ccsc2)n1. The number of nitrogens with one attached hydrogen (secondary N) is 1. The maximum absolute atomic E-state index is 5.67. The van der Waals surface area contributed by atoms with Crippen molar-refractivity contribution in [2.24, 2.45) is 5.73 Å². The minimum Gasteiger partial charge on any atom is -0.389 e. The van der Waals surface area contributed by atoms with Gasteiger partial charge >= 0.3 is 0 Å². The second-order valence-corrected chi connectivity index (χ2v) is 4.92. The minimum atomic E-state index is 0.366. The van der Waals surface area contributed by atoms with Gasteiger partial charge in [-0.2, -0.15) is 11.3 Å². The highest BCUT2D eigenvalue weighted by molar-refractivity contribution is 7.80. The molecule has 0 amide bonds. The van der Waals surface area contributed by atoms with Crippen molar-refractivity contribution in [3.8, 4) is 0 Å². The Morgan fingerprint density at radius 2 is 2.29 bits per heavy atom. The van der Waals surface area contributed by atoms with Crippen molar-refractivity contribution in [3.63, 3.8) is 0 Å². The number of rotatable bonds is 4. The molecule has 2 aromatic heterocycles. The molecule has 0 aliphatic heterocycles. The van der Waals surface area contributed by atoms with Crippen LogP contribution < -0.4 is 11.1 Å². The van der Waals surface area contributed by atoms with Gasteiger partial charge in [0.2, 0.25) is 0 Å². The molecule has 0 saturated heterocycles. The fourth-order valence-corrected chi connectivity index (χ4v) is 2.30. The van der Waals surface area contributed by atoms with Crippen LogP contribution in [0.4, 0.5) is 5.82 Å². The van der Waals surface area contributed by atoms with Gasteiger partial charge in [-0.15, -0.1) is 0 Å². The number of nitrogens with two attached hydrogens (primary N) is 1. The molecule has 3 N–H and O–H groups in total. The molecule has 0 fully saturated rings. The van der Waals surface area contributed by atoms with E-state index in [0.29, 0.717) is 4.99 Å². The summed E-state index contributed by atoms with van der Waals surface area (Å²) in [5.41, 5.74) is 8.63. The monoisotopic (exact) mass is 263 g/mol. The third-order valence-corrected chi connectivity index (χ3v) is 3.29. The summed E-state index contributed by atoms with van der Waals surface area (Å²) in [6.07, 6.45) is 0. The number of hydrogen-bond acceptors (Lipinski definition) is 4. The maximum Gasteiger partial charge on any atom is 0.136 e. The molecule has 0 bridgehead atoms. The third-order valence-electron chi connectivity index (χ3n) is 2.34. The molecule has 0 radical (unpaired) electrons. The Labute approximate surface area is 110 Å². The zero-order valence-electron chi connectivity index (χ0n) is 9.43. The van der Waals surface area contributed by atoms with Gasteiger partial charge in [-0.05, 0) is 41.4 Å². The summed E-state index contributed by atoms with van der Waals surface area (Å²) in [6.45, 7) is 2.68. The molecule has 2 aromatic rings. The van der Waals surface area contributed by atoms with E-state index in [-0.39, 0.29) is 0 Å². The molecule has 2 heterocycles. The van der Waals surface area contributed by atoms with Gasteiger partial charge in [0.05, 0.1) is 5.56 Å². The summed E-state index contributed by atoms with van der Waals surface area (Å²) >= 11 is 6.68. The molecule has 0 spiro atoms. The molecule has 5 heteroatoms. The van der Waals surface area contributed by atoms with Gasteiger partial charge in [-0.3, -0.25) is 0 Å². The van der Waals surface area contributed by atoms with Gasteiger partial charge in [0.1, 0.15) is 10.8 Å². The van der Waals surface area contributed by atoms with Crippen molar-refractivity contribution in [1.82, 2.24) is 4.98 Å². The zero-order chi connectivity index (χ0) is 12.3. The van der Waals surface area contributed by atoms with Crippen molar-refractivity contribution in [1.29, 1.82) is 0 Å². The van der Waals surface area contributed by atoms with Crippen molar-refractivity contribution < 1.29 is 0 Å². The van der Waals surface area contributed by atoms with Gasteiger partial charge in [0, 0.05) is 12.2 Å². The van der Waals surface area contributed by atoms with Crippen LogP contribution in [0.25, 0.3) is 0 Å². The molecule has 0 aliphatic carbocycles. The van der Waals surface area contributed by atoms with Crippen molar-refractivity contribution in [2.75, 3.05) is 5.32 Å². The van der Waals surface area contributed by atoms with Gasteiger partial charge < -0.3 is 11.1 Å². The number of pyridine rings is 1. The molecule has 0 aliphatic rings. The average molecular weight is 263 g/mol. The van der Waals surface area contributed by atoms with Crippen LogP contribution in [-0.4, -0.2) is 9.97 Å². The minimum absolute atomic E-state index is 0.366. The van der Waals surface area contributed by atoms with Crippen molar-refractivity contribution in [2.45, 2.75) is 13.5 Å². The number of thiocarbonyl (C=S) groups is 1. The normalized spacial score (nSPS) is 10.2. The van der Waals surface area contributed by atoms with Gasteiger partial charge in [-0.1, -0.05) is 12.2 Å². The van der Waals surface area contributed by atoms with E-state index >= 15 is 0 Å². The Balaban J connectivity index is 2.19. The summed E-state index contributed by atoms with van der Waals surface area (Å²) < 4.78 is 0. The number of aromatic nitrogens is 1. The lowest BCUT2D eigenvalue weighted by atomic mass is 10.2. The molecule has 2 rings (SSSR count). The highest BCUT2D eigenvalue weighted by Gasteiger charge is 2.06. The molecule has 0 atom stereocenters. The lowest BCUT2D eigenvalue weighted by Gasteiger charge is -2.10. The largest absolute Gasteiger partial charge is 0.389 e.